The number of aliphatic hydroxyl groups is 4. The summed E-state index contributed by atoms with van der Waals surface area (Å²) in [5.41, 5.74) is 0. The molecule has 0 spiro atoms. The van der Waals surface area contributed by atoms with Crippen molar-refractivity contribution in [3.8, 4) is 0 Å². The van der Waals surface area contributed by atoms with Crippen molar-refractivity contribution in [1.29, 1.82) is 0 Å². The molecular weight excluding hydrogens is 873 g/mol. The van der Waals surface area contributed by atoms with E-state index >= 15 is 0 Å². The summed E-state index contributed by atoms with van der Waals surface area (Å²) in [6.07, 6.45) is -11.8. The minimum absolute atomic E-state index is 0. The molecule has 0 aromatic heterocycles. The van der Waals surface area contributed by atoms with Gasteiger partial charge in [-0.3, -0.25) is 0 Å². The van der Waals surface area contributed by atoms with E-state index in [0.29, 0.717) is 0 Å². The second kappa shape index (κ2) is 29.6. The van der Waals surface area contributed by atoms with E-state index in [-0.39, 0.29) is 149 Å². The SMILES string of the molecule is O.O.O.O.O.O.O.O.O.O.O=C([O-])[C@@H]1[O][Sb]2([O][Sb]34[O][C@H]([C@H](O)CO)[C@H]([O]3)[C@H](C(=O)[O-])[O]4)[O][C@H]([C@H](O)CO)[C@@H]1[O]2.[Na+].[Na+].[Na+].[OH-]. The largest absolute Gasteiger partial charge is 1.00 e. The van der Waals surface area contributed by atoms with Crippen LogP contribution in [0.15, 0.2) is 0 Å². The number of hydrogen-bond donors (Lipinski definition) is 4. The molecule has 4 saturated heterocycles. The van der Waals surface area contributed by atoms with Crippen LogP contribution in [-0.4, -0.2) is 196 Å². The number of carbonyl (C=O) groups is 2. The van der Waals surface area contributed by atoms with Gasteiger partial charge >= 0.3 is 263 Å². The standard InChI is InChI=1S/2C6H9O7.3Na.11H2O.O.2Sb/c2*7-1-2(8)3(9)4(10)5(11)6(12)13;;;;;;;;;;;;;;;;;/h2*2-5,7-8H,1H2,(H,12,13);;;;11*1H2;;;/q2*-3;3*+1;;;;;;;;;;;;;2*+3/p-3/t2*2-,3-,4+,5-;;;;;;;;;;;;;;;;;/m11................./s1. The summed E-state index contributed by atoms with van der Waals surface area (Å²) in [4.78, 5) is 22.7. The van der Waals surface area contributed by atoms with Crippen LogP contribution in [0.5, 0.6) is 0 Å². The molecule has 254 valence electrons. The molecule has 4 bridgehead atoms. The van der Waals surface area contributed by atoms with E-state index in [0.717, 1.165) is 0 Å². The third kappa shape index (κ3) is 14.6. The Morgan fingerprint density at radius 1 is 0.605 bits per heavy atom. The number of carboxylic acid groups (broad SMARTS) is 2. The number of carboxylic acids is 2. The maximum absolute atomic E-state index is 11.3. The van der Waals surface area contributed by atoms with Gasteiger partial charge in [0.2, 0.25) is 0 Å². The van der Waals surface area contributed by atoms with Crippen LogP contribution in [0.25, 0.3) is 0 Å². The third-order valence-corrected chi connectivity index (χ3v) is 21.8. The second-order valence-corrected chi connectivity index (χ2v) is 18.8. The van der Waals surface area contributed by atoms with Crippen molar-refractivity contribution >= 4 is 52.9 Å². The van der Waals surface area contributed by atoms with E-state index in [1.807, 2.05) is 0 Å². The molecule has 4 aliphatic rings. The van der Waals surface area contributed by atoms with Gasteiger partial charge in [-0.15, -0.1) is 0 Å². The molecule has 10 atom stereocenters. The molecule has 25 N–H and O–H groups in total. The van der Waals surface area contributed by atoms with Crippen LogP contribution < -0.4 is 98.9 Å². The topological polar surface area (TPSA) is 571 Å². The average molecular weight is 910 g/mol. The second-order valence-electron chi connectivity index (χ2n) is 6.45. The van der Waals surface area contributed by atoms with E-state index in [1.165, 1.54) is 0 Å². The molecule has 43 heavy (non-hydrogen) atoms. The smallest absolute Gasteiger partial charge is 0.870 e. The molecule has 26 nitrogen and oxygen atoms in total. The Kier molecular flexibility index (Phi) is 52.2. The zero-order valence-electron chi connectivity index (χ0n) is 22.7. The predicted octanol–water partition coefficient (Wildman–Crippen LogP) is -25.0. The summed E-state index contributed by atoms with van der Waals surface area (Å²) in [5, 5.41) is 60.7. The van der Waals surface area contributed by atoms with Gasteiger partial charge in [0.1, 0.15) is 0 Å². The van der Waals surface area contributed by atoms with Crippen molar-refractivity contribution in [2.75, 3.05) is 13.2 Å². The average Bonchev–Trinajstić information content (AvgIpc) is 3.42. The van der Waals surface area contributed by atoms with Gasteiger partial charge in [-0.2, -0.15) is 0 Å². The first-order chi connectivity index (χ1) is 13.6. The van der Waals surface area contributed by atoms with Crippen molar-refractivity contribution in [2.24, 2.45) is 0 Å². The predicted molar refractivity (Wildman–Crippen MR) is 116 cm³/mol. The molecule has 2 unspecified atom stereocenters. The quantitative estimate of drug-likeness (QED) is 0.164. The Morgan fingerprint density at radius 3 is 1.07 bits per heavy atom. The van der Waals surface area contributed by atoms with E-state index in [4.69, 9.17) is 29.6 Å². The van der Waals surface area contributed by atoms with Crippen LogP contribution in [0.2, 0.25) is 0 Å². The summed E-state index contributed by atoms with van der Waals surface area (Å²) in [6.45, 7) is -1.55. The number of aliphatic hydroxyl groups excluding tert-OH is 4. The number of hydrogen-bond acceptors (Lipinski definition) is 16. The Balaban J connectivity index is -0.0000000813. The molecular formula is C12H37Na3O26Sb2. The van der Waals surface area contributed by atoms with Crippen LogP contribution >= 0.6 is 0 Å². The first kappa shape index (κ1) is 75.8. The Hall–Kier alpha value is 2.70. The Bertz CT molecular complexity index is 662. The van der Waals surface area contributed by atoms with Crippen LogP contribution in [0.4, 0.5) is 0 Å². The molecule has 2 radical (unpaired) electrons. The van der Waals surface area contributed by atoms with Gasteiger partial charge in [0.15, 0.2) is 0 Å². The van der Waals surface area contributed by atoms with Gasteiger partial charge in [0.25, 0.3) is 0 Å². The van der Waals surface area contributed by atoms with Crippen molar-refractivity contribution in [3.05, 3.63) is 0 Å². The molecule has 0 aromatic rings. The number of aliphatic carboxylic acids is 2. The minimum Gasteiger partial charge on any atom is -0.870 e. The molecule has 0 saturated carbocycles. The van der Waals surface area contributed by atoms with Crippen molar-refractivity contribution < 1.29 is 209 Å². The molecule has 0 amide bonds. The van der Waals surface area contributed by atoms with E-state index in [1.54, 1.807) is 0 Å². The van der Waals surface area contributed by atoms with E-state index in [2.05, 4.69) is 0 Å². The van der Waals surface area contributed by atoms with Crippen molar-refractivity contribution in [2.45, 2.75) is 48.8 Å². The van der Waals surface area contributed by atoms with Gasteiger partial charge in [-0.1, -0.05) is 0 Å². The number of rotatable bonds is 8. The van der Waals surface area contributed by atoms with E-state index < -0.39 is 115 Å². The van der Waals surface area contributed by atoms with Crippen LogP contribution in [0.3, 0.4) is 0 Å². The molecule has 4 rings (SSSR count). The number of fused-ring (bicyclic) bond motifs is 4. The van der Waals surface area contributed by atoms with Crippen LogP contribution in [0, 0.1) is 0 Å². The van der Waals surface area contributed by atoms with Crippen LogP contribution in [0.1, 0.15) is 0 Å². The van der Waals surface area contributed by atoms with Gasteiger partial charge in [0.05, 0.1) is 0 Å². The fourth-order valence-corrected chi connectivity index (χ4v) is 23.5. The molecule has 31 heteroatoms. The summed E-state index contributed by atoms with van der Waals surface area (Å²) in [7, 11) is 0. The molecule has 4 aliphatic heterocycles. The van der Waals surface area contributed by atoms with Gasteiger partial charge in [0, 0.05) is 0 Å². The normalized spacial score (nSPS) is 32.0. The van der Waals surface area contributed by atoms with Gasteiger partial charge in [-0.05, 0) is 0 Å². The van der Waals surface area contributed by atoms with Crippen molar-refractivity contribution in [1.82, 2.24) is 0 Å². The summed E-state index contributed by atoms with van der Waals surface area (Å²) < 4.78 is 38.1. The molecule has 4 fully saturated rings. The van der Waals surface area contributed by atoms with E-state index in [9.17, 15) is 30.0 Å². The molecule has 0 aliphatic carbocycles. The third-order valence-electron chi connectivity index (χ3n) is 4.53. The first-order valence-corrected chi connectivity index (χ1v) is 16.6. The summed E-state index contributed by atoms with van der Waals surface area (Å²) >= 11 is -10.4. The zero-order valence-corrected chi connectivity index (χ0v) is 33.8. The maximum atomic E-state index is 11.3. The maximum Gasteiger partial charge on any atom is 1.00 e. The van der Waals surface area contributed by atoms with Gasteiger partial charge < -0.3 is 60.2 Å². The molecule has 0 aromatic carbocycles. The fourth-order valence-electron chi connectivity index (χ4n) is 3.22. The monoisotopic (exact) mass is 908 g/mol. The Labute approximate surface area is 319 Å². The first-order valence-electron chi connectivity index (χ1n) is 8.23. The number of carbonyl (C=O) groups excluding carboxylic acids is 2. The summed E-state index contributed by atoms with van der Waals surface area (Å²) in [5.74, 6) is -3.36. The summed E-state index contributed by atoms with van der Waals surface area (Å²) in [6, 6.07) is 0. The van der Waals surface area contributed by atoms with Gasteiger partial charge in [-0.25, -0.2) is 0 Å². The Morgan fingerprint density at radius 2 is 0.860 bits per heavy atom. The van der Waals surface area contributed by atoms with Crippen molar-refractivity contribution in [3.63, 3.8) is 0 Å². The fraction of sp³-hybridized carbons (Fsp3) is 0.833. The van der Waals surface area contributed by atoms with Crippen LogP contribution in [-0.2, 0) is 29.0 Å². The molecule has 4 heterocycles. The minimum atomic E-state index is -5.19. The zero-order chi connectivity index (χ0) is 21.1.